The van der Waals surface area contributed by atoms with Gasteiger partial charge in [-0.25, -0.2) is 9.37 Å². The van der Waals surface area contributed by atoms with Crippen LogP contribution >= 0.6 is 11.3 Å². The number of hydrogen-bond donors (Lipinski definition) is 1. The minimum Gasteiger partial charge on any atom is -0.481 e. The van der Waals surface area contributed by atoms with Crippen LogP contribution in [0.2, 0.25) is 0 Å². The van der Waals surface area contributed by atoms with Gasteiger partial charge in [-0.05, 0) is 61.8 Å². The molecule has 0 unspecified atom stereocenters. The van der Waals surface area contributed by atoms with Crippen LogP contribution in [0.5, 0.6) is 5.19 Å². The highest BCUT2D eigenvalue weighted by Gasteiger charge is 2.61. The fraction of sp³-hybridized carbons (Fsp3) is 0.455. The maximum absolute atomic E-state index is 14.2. The summed E-state index contributed by atoms with van der Waals surface area (Å²) in [5.74, 6) is -2.09. The smallest absolute Gasteiger partial charge is 0.310 e. The van der Waals surface area contributed by atoms with Crippen molar-refractivity contribution in [2.75, 3.05) is 6.54 Å². The number of aliphatic carboxylic acids is 1. The van der Waals surface area contributed by atoms with E-state index in [9.17, 15) is 23.9 Å². The molecule has 1 saturated heterocycles. The van der Waals surface area contributed by atoms with Crippen LogP contribution in [0.15, 0.2) is 60.7 Å². The summed E-state index contributed by atoms with van der Waals surface area (Å²) in [6.45, 7) is 0.216. The number of ether oxygens (including phenoxy) is 1. The number of nitrogens with zero attached hydrogens (tertiary/aromatic N) is 2. The summed E-state index contributed by atoms with van der Waals surface area (Å²) >= 11 is 1.23. The Morgan fingerprint density at radius 1 is 1.14 bits per heavy atom. The van der Waals surface area contributed by atoms with Crippen LogP contribution in [0.1, 0.15) is 56.9 Å². The molecule has 42 heavy (non-hydrogen) atoms. The second-order valence-electron chi connectivity index (χ2n) is 11.9. The second kappa shape index (κ2) is 12.0. The lowest BCUT2D eigenvalue weighted by atomic mass is 9.90. The summed E-state index contributed by atoms with van der Waals surface area (Å²) in [6, 6.07) is 13.5. The van der Waals surface area contributed by atoms with E-state index in [-0.39, 0.29) is 48.7 Å². The number of hydrogen-bond acceptors (Lipinski definition) is 6. The van der Waals surface area contributed by atoms with E-state index < -0.39 is 23.5 Å². The normalized spacial score (nSPS) is 29.3. The molecular weight excluding hydrogens is 555 g/mol. The molecule has 1 aliphatic carbocycles. The molecule has 1 aromatic heterocycles. The number of rotatable bonds is 5. The van der Waals surface area contributed by atoms with Crippen molar-refractivity contribution >= 4 is 39.2 Å². The van der Waals surface area contributed by atoms with Gasteiger partial charge in [-0.1, -0.05) is 66.7 Å². The number of ketones is 1. The third-order valence-corrected chi connectivity index (χ3v) is 9.94. The van der Waals surface area contributed by atoms with Gasteiger partial charge in [0.15, 0.2) is 5.78 Å². The Bertz CT molecular complexity index is 1510. The standard InChI is InChI=1S/C33H35FN2O5S/c34-24-13-14-26-29(16-24)42-32(35-26)41-25-17-27-28(37)19-33(31(39)40)18-23(33)12-8-3-1-2-7-11-22(30(38)36(27)20-25)15-21-9-5-4-6-10-21/h4-6,8-10,12-14,16,22-23,25,27H,1-3,7,11,15,17-20H2,(H,39,40)/b12-8-/t22-,23-,25-,27+,33-/m1/s1. The summed E-state index contributed by atoms with van der Waals surface area (Å²) in [6.07, 6.45) is 9.14. The molecule has 5 atom stereocenters. The van der Waals surface area contributed by atoms with Crippen molar-refractivity contribution in [1.29, 1.82) is 0 Å². The molecule has 9 heteroatoms. The number of carbonyl (C=O) groups excluding carboxylic acids is 2. The lowest BCUT2D eigenvalue weighted by Gasteiger charge is -2.29. The third-order valence-electron chi connectivity index (χ3n) is 9.03. The maximum atomic E-state index is 14.2. The van der Waals surface area contributed by atoms with Gasteiger partial charge in [0.2, 0.25) is 5.91 Å². The fourth-order valence-electron chi connectivity index (χ4n) is 6.58. The largest absolute Gasteiger partial charge is 0.481 e. The number of allylic oxidation sites excluding steroid dienone is 2. The Morgan fingerprint density at radius 3 is 2.79 bits per heavy atom. The molecule has 7 nitrogen and oxygen atoms in total. The van der Waals surface area contributed by atoms with E-state index in [2.05, 4.69) is 11.1 Å². The van der Waals surface area contributed by atoms with Crippen LogP contribution in [0.3, 0.4) is 0 Å². The van der Waals surface area contributed by atoms with Crippen LogP contribution in [0.4, 0.5) is 4.39 Å². The number of carboxylic acids is 1. The zero-order valence-corrected chi connectivity index (χ0v) is 24.2. The second-order valence-corrected chi connectivity index (χ2v) is 12.9. The Hall–Kier alpha value is -3.59. The summed E-state index contributed by atoms with van der Waals surface area (Å²) in [5, 5.41) is 10.5. The van der Waals surface area contributed by atoms with E-state index in [0.29, 0.717) is 34.7 Å². The minimum atomic E-state index is -1.11. The average Bonchev–Trinajstić information content (AvgIpc) is 3.29. The van der Waals surface area contributed by atoms with Crippen LogP contribution in [-0.2, 0) is 20.8 Å². The van der Waals surface area contributed by atoms with Gasteiger partial charge in [0.1, 0.15) is 11.9 Å². The molecule has 220 valence electrons. The highest BCUT2D eigenvalue weighted by molar-refractivity contribution is 7.20. The highest BCUT2D eigenvalue weighted by atomic mass is 32.1. The van der Waals surface area contributed by atoms with Gasteiger partial charge in [-0.2, -0.15) is 0 Å². The quantitative estimate of drug-likeness (QED) is 0.355. The van der Waals surface area contributed by atoms with Crippen molar-refractivity contribution in [3.63, 3.8) is 0 Å². The number of carboxylic acid groups (broad SMARTS) is 1. The van der Waals surface area contributed by atoms with Crippen molar-refractivity contribution < 1.29 is 28.6 Å². The molecule has 3 heterocycles. The first kappa shape index (κ1) is 28.5. The zero-order chi connectivity index (χ0) is 29.3. The van der Waals surface area contributed by atoms with Crippen molar-refractivity contribution in [3.8, 4) is 5.19 Å². The maximum Gasteiger partial charge on any atom is 0.310 e. The SMILES string of the molecule is O=C1C[C@]2(C(=O)O)C[C@H]2/C=C\CCCCC[C@H](Cc2ccccc2)C(=O)N2C[C@H](Oc3nc4ccc(F)cc4s3)C[C@@H]12. The minimum absolute atomic E-state index is 0.0839. The van der Waals surface area contributed by atoms with Gasteiger partial charge in [-0.15, -0.1) is 0 Å². The molecule has 0 spiro atoms. The molecular formula is C33H35FN2O5S. The molecule has 1 N–H and O–H groups in total. The Labute approximate surface area is 248 Å². The van der Waals surface area contributed by atoms with E-state index in [0.717, 1.165) is 31.2 Å². The van der Waals surface area contributed by atoms with E-state index in [1.807, 2.05) is 36.4 Å². The Kier molecular flexibility index (Phi) is 8.12. The Balaban J connectivity index is 1.28. The molecule has 3 aromatic rings. The number of carbonyl (C=O) groups is 3. The number of fused-ring (bicyclic) bond motifs is 3. The molecule has 0 bridgehead atoms. The first-order chi connectivity index (χ1) is 20.3. The first-order valence-corrected chi connectivity index (χ1v) is 15.6. The molecule has 2 aliphatic heterocycles. The van der Waals surface area contributed by atoms with Gasteiger partial charge in [0.25, 0.3) is 5.19 Å². The topological polar surface area (TPSA) is 96.8 Å². The van der Waals surface area contributed by atoms with Gasteiger partial charge in [0, 0.05) is 18.8 Å². The van der Waals surface area contributed by atoms with Gasteiger partial charge in [-0.3, -0.25) is 14.4 Å². The van der Waals surface area contributed by atoms with E-state index in [4.69, 9.17) is 4.74 Å². The predicted molar refractivity (Wildman–Crippen MR) is 158 cm³/mol. The van der Waals surface area contributed by atoms with E-state index >= 15 is 0 Å². The van der Waals surface area contributed by atoms with Crippen molar-refractivity contribution in [2.45, 2.75) is 69.9 Å². The summed E-state index contributed by atoms with van der Waals surface area (Å²) < 4.78 is 20.6. The van der Waals surface area contributed by atoms with Crippen LogP contribution in [-0.4, -0.2) is 51.3 Å². The molecule has 1 amide bonds. The molecule has 1 saturated carbocycles. The van der Waals surface area contributed by atoms with Gasteiger partial charge in [0.05, 0.1) is 28.2 Å². The molecule has 0 radical (unpaired) electrons. The predicted octanol–water partition coefficient (Wildman–Crippen LogP) is 6.21. The number of Topliss-reactive ketones (excluding diaryl/α,β-unsaturated/α-hetero) is 1. The number of benzene rings is 2. The first-order valence-electron chi connectivity index (χ1n) is 14.8. The zero-order valence-electron chi connectivity index (χ0n) is 23.4. The summed E-state index contributed by atoms with van der Waals surface area (Å²) in [4.78, 5) is 46.6. The van der Waals surface area contributed by atoms with Gasteiger partial charge < -0.3 is 14.7 Å². The van der Waals surface area contributed by atoms with Crippen molar-refractivity contribution in [1.82, 2.24) is 9.88 Å². The summed E-state index contributed by atoms with van der Waals surface area (Å²) in [7, 11) is 0. The van der Waals surface area contributed by atoms with E-state index in [1.54, 1.807) is 11.0 Å². The Morgan fingerprint density at radius 2 is 1.98 bits per heavy atom. The average molecular weight is 591 g/mol. The van der Waals surface area contributed by atoms with Crippen LogP contribution in [0, 0.1) is 23.1 Å². The lowest BCUT2D eigenvalue weighted by molar-refractivity contribution is -0.147. The fourth-order valence-corrected chi connectivity index (χ4v) is 7.48. The molecule has 6 rings (SSSR count). The van der Waals surface area contributed by atoms with Crippen molar-refractivity contribution in [2.24, 2.45) is 17.3 Å². The van der Waals surface area contributed by atoms with Crippen molar-refractivity contribution in [3.05, 3.63) is 72.1 Å². The number of thiazole rings is 1. The van der Waals surface area contributed by atoms with Crippen LogP contribution in [0.25, 0.3) is 10.2 Å². The number of amides is 1. The monoisotopic (exact) mass is 590 g/mol. The number of halogens is 1. The summed E-state index contributed by atoms with van der Waals surface area (Å²) in [5.41, 5.74) is 0.580. The molecule has 2 aromatic carbocycles. The number of aromatic nitrogens is 1. The van der Waals surface area contributed by atoms with E-state index in [1.165, 1.54) is 23.5 Å². The van der Waals surface area contributed by atoms with Crippen LogP contribution < -0.4 is 4.74 Å². The molecule has 2 fully saturated rings. The van der Waals surface area contributed by atoms with Gasteiger partial charge >= 0.3 is 5.97 Å². The molecule has 3 aliphatic rings. The third kappa shape index (κ3) is 5.98. The lowest BCUT2D eigenvalue weighted by Crippen LogP contribution is -2.45. The highest BCUT2D eigenvalue weighted by Crippen LogP contribution is 2.57.